The van der Waals surface area contributed by atoms with Gasteiger partial charge in [0.15, 0.2) is 0 Å². The minimum atomic E-state index is -0.477. The molecule has 2 aromatic rings. The highest BCUT2D eigenvalue weighted by Gasteiger charge is 2.12. The van der Waals surface area contributed by atoms with E-state index in [1.165, 1.54) is 22.8 Å². The molecule has 2 rings (SSSR count). The molecule has 6 nitrogen and oxygen atoms in total. The summed E-state index contributed by atoms with van der Waals surface area (Å²) in [6, 6.07) is 11.1. The van der Waals surface area contributed by atoms with Crippen LogP contribution in [0, 0.1) is 21.4 Å². The summed E-state index contributed by atoms with van der Waals surface area (Å²) in [6.45, 7) is 2.37. The van der Waals surface area contributed by atoms with E-state index in [1.807, 2.05) is 13.0 Å². The van der Waals surface area contributed by atoms with Gasteiger partial charge >= 0.3 is 0 Å². The summed E-state index contributed by atoms with van der Waals surface area (Å²) in [5.41, 5.74) is 0.817. The van der Waals surface area contributed by atoms with Crippen LogP contribution >= 0.6 is 0 Å². The quantitative estimate of drug-likeness (QED) is 0.637. The molecule has 0 atom stereocenters. The van der Waals surface area contributed by atoms with Crippen molar-refractivity contribution in [2.24, 2.45) is 0 Å². The smallest absolute Gasteiger partial charge is 0.270 e. The number of non-ortho nitro benzene ring substituents is 1. The van der Waals surface area contributed by atoms with Crippen molar-refractivity contribution in [3.8, 4) is 17.3 Å². The molecule has 21 heavy (non-hydrogen) atoms. The first-order chi connectivity index (χ1) is 10.1. The normalized spacial score (nSPS) is 10.1. The Balaban J connectivity index is 2.66. The van der Waals surface area contributed by atoms with Crippen LogP contribution in [-0.4, -0.2) is 9.49 Å². The molecular formula is C15H13N3O3. The molecule has 0 aliphatic rings. The molecule has 0 aliphatic heterocycles. The third-order valence-corrected chi connectivity index (χ3v) is 3.09. The van der Waals surface area contributed by atoms with Gasteiger partial charge in [-0.2, -0.15) is 5.26 Å². The highest BCUT2D eigenvalue weighted by molar-refractivity contribution is 5.63. The van der Waals surface area contributed by atoms with Crippen molar-refractivity contribution < 1.29 is 4.92 Å². The highest BCUT2D eigenvalue weighted by Crippen LogP contribution is 2.23. The maximum atomic E-state index is 12.2. The van der Waals surface area contributed by atoms with Crippen molar-refractivity contribution in [1.29, 1.82) is 5.26 Å². The molecule has 0 bridgehead atoms. The van der Waals surface area contributed by atoms with Gasteiger partial charge in [0.25, 0.3) is 11.2 Å². The summed E-state index contributed by atoms with van der Waals surface area (Å²) in [6.07, 6.45) is 0.719. The maximum Gasteiger partial charge on any atom is 0.270 e. The van der Waals surface area contributed by atoms with Gasteiger partial charge in [-0.15, -0.1) is 0 Å². The van der Waals surface area contributed by atoms with Crippen LogP contribution in [0.1, 0.15) is 18.9 Å². The van der Waals surface area contributed by atoms with E-state index in [-0.39, 0.29) is 16.8 Å². The van der Waals surface area contributed by atoms with Crippen LogP contribution in [0.5, 0.6) is 0 Å². The van der Waals surface area contributed by atoms with Gasteiger partial charge in [-0.05, 0) is 18.6 Å². The number of rotatable bonds is 4. The van der Waals surface area contributed by atoms with Gasteiger partial charge in [-0.1, -0.05) is 19.1 Å². The minimum Gasteiger partial charge on any atom is -0.307 e. The van der Waals surface area contributed by atoms with Crippen molar-refractivity contribution in [3.63, 3.8) is 0 Å². The molecule has 0 saturated carbocycles. The third-order valence-electron chi connectivity index (χ3n) is 3.09. The first-order valence-electron chi connectivity index (χ1n) is 6.47. The molecule has 0 amide bonds. The van der Waals surface area contributed by atoms with Crippen LogP contribution in [0.25, 0.3) is 11.3 Å². The van der Waals surface area contributed by atoms with Gasteiger partial charge in [-0.25, -0.2) is 0 Å². The van der Waals surface area contributed by atoms with E-state index in [1.54, 1.807) is 18.2 Å². The van der Waals surface area contributed by atoms with E-state index in [9.17, 15) is 14.9 Å². The van der Waals surface area contributed by atoms with Crippen LogP contribution in [-0.2, 0) is 6.54 Å². The predicted molar refractivity (Wildman–Crippen MR) is 77.8 cm³/mol. The largest absolute Gasteiger partial charge is 0.307 e. The van der Waals surface area contributed by atoms with Crippen molar-refractivity contribution >= 4 is 5.69 Å². The zero-order chi connectivity index (χ0) is 15.4. The molecule has 1 heterocycles. The molecule has 0 aliphatic carbocycles. The molecule has 106 valence electrons. The zero-order valence-electron chi connectivity index (χ0n) is 11.4. The number of hydrogen-bond acceptors (Lipinski definition) is 4. The molecule has 1 aromatic heterocycles. The lowest BCUT2D eigenvalue weighted by molar-refractivity contribution is -0.384. The van der Waals surface area contributed by atoms with Crippen molar-refractivity contribution in [2.75, 3.05) is 0 Å². The molecule has 6 heteroatoms. The molecule has 0 saturated heterocycles. The maximum absolute atomic E-state index is 12.2. The molecular weight excluding hydrogens is 270 g/mol. The second-order valence-corrected chi connectivity index (χ2v) is 4.51. The third kappa shape index (κ3) is 2.82. The minimum absolute atomic E-state index is 0.0349. The molecule has 0 N–H and O–H groups in total. The average Bonchev–Trinajstić information content (AvgIpc) is 2.49. The van der Waals surface area contributed by atoms with Gasteiger partial charge < -0.3 is 4.57 Å². The fraction of sp³-hybridized carbons (Fsp3) is 0.200. The molecule has 0 spiro atoms. The number of aromatic nitrogens is 1. The number of nitriles is 1. The average molecular weight is 283 g/mol. The number of benzene rings is 1. The Hall–Kier alpha value is -2.94. The van der Waals surface area contributed by atoms with Gasteiger partial charge in [0.2, 0.25) is 0 Å². The number of nitro groups is 1. The van der Waals surface area contributed by atoms with Gasteiger partial charge in [0, 0.05) is 24.2 Å². The topological polar surface area (TPSA) is 88.9 Å². The molecule has 0 radical (unpaired) electrons. The van der Waals surface area contributed by atoms with Crippen molar-refractivity contribution in [1.82, 2.24) is 4.57 Å². The fourth-order valence-corrected chi connectivity index (χ4v) is 2.14. The Morgan fingerprint density at radius 2 is 2.10 bits per heavy atom. The van der Waals surface area contributed by atoms with E-state index < -0.39 is 4.92 Å². The van der Waals surface area contributed by atoms with Crippen LogP contribution in [0.2, 0.25) is 0 Å². The number of nitro benzene ring substituents is 1. The van der Waals surface area contributed by atoms with E-state index in [0.717, 1.165) is 6.42 Å². The van der Waals surface area contributed by atoms with Crippen molar-refractivity contribution in [3.05, 3.63) is 62.4 Å². The van der Waals surface area contributed by atoms with Crippen LogP contribution in [0.4, 0.5) is 5.69 Å². The monoisotopic (exact) mass is 283 g/mol. The van der Waals surface area contributed by atoms with E-state index in [2.05, 4.69) is 0 Å². The lowest BCUT2D eigenvalue weighted by atomic mass is 10.1. The fourth-order valence-electron chi connectivity index (χ4n) is 2.14. The predicted octanol–water partition coefficient (Wildman–Crippen LogP) is 2.71. The Kier molecular flexibility index (Phi) is 4.14. The summed E-state index contributed by atoms with van der Waals surface area (Å²) in [5.74, 6) is 0. The molecule has 1 aromatic carbocycles. The number of hydrogen-bond donors (Lipinski definition) is 0. The summed E-state index contributed by atoms with van der Waals surface area (Å²) < 4.78 is 1.48. The van der Waals surface area contributed by atoms with E-state index in [4.69, 9.17) is 5.26 Å². The molecule has 0 fully saturated rings. The number of nitrogens with zero attached hydrogens (tertiary/aromatic N) is 3. The van der Waals surface area contributed by atoms with E-state index in [0.29, 0.717) is 17.8 Å². The summed E-state index contributed by atoms with van der Waals surface area (Å²) in [5, 5.41) is 19.8. The van der Waals surface area contributed by atoms with Gasteiger partial charge in [-0.3, -0.25) is 14.9 Å². The Morgan fingerprint density at radius 3 is 2.71 bits per heavy atom. The van der Waals surface area contributed by atoms with Gasteiger partial charge in [0.1, 0.15) is 11.6 Å². The zero-order valence-corrected chi connectivity index (χ0v) is 11.4. The highest BCUT2D eigenvalue weighted by atomic mass is 16.6. The lowest BCUT2D eigenvalue weighted by Gasteiger charge is -2.12. The van der Waals surface area contributed by atoms with Crippen LogP contribution < -0.4 is 5.56 Å². The number of pyridine rings is 1. The summed E-state index contributed by atoms with van der Waals surface area (Å²) in [4.78, 5) is 22.6. The second kappa shape index (κ2) is 6.01. The van der Waals surface area contributed by atoms with Crippen LogP contribution in [0.15, 0.2) is 41.2 Å². The summed E-state index contributed by atoms with van der Waals surface area (Å²) >= 11 is 0. The van der Waals surface area contributed by atoms with Gasteiger partial charge in [0.05, 0.1) is 10.6 Å². The second-order valence-electron chi connectivity index (χ2n) is 4.51. The first kappa shape index (κ1) is 14.5. The standard InChI is InChI=1S/C15H13N3O3/c1-2-8-17-14(7-6-12(10-16)15(17)19)11-4-3-5-13(9-11)18(20)21/h3-7,9H,2,8H2,1H3. The SMILES string of the molecule is CCCn1c(-c2cccc([N+](=O)[O-])c2)ccc(C#N)c1=O. The van der Waals surface area contributed by atoms with E-state index >= 15 is 0 Å². The summed E-state index contributed by atoms with van der Waals surface area (Å²) in [7, 11) is 0. The Labute approximate surface area is 121 Å². The first-order valence-corrected chi connectivity index (χ1v) is 6.47. The van der Waals surface area contributed by atoms with Crippen molar-refractivity contribution in [2.45, 2.75) is 19.9 Å². The molecule has 0 unspecified atom stereocenters. The van der Waals surface area contributed by atoms with Crippen LogP contribution in [0.3, 0.4) is 0 Å². The lowest BCUT2D eigenvalue weighted by Crippen LogP contribution is -2.23. The Bertz CT molecular complexity index is 787. The Morgan fingerprint density at radius 1 is 1.33 bits per heavy atom.